The summed E-state index contributed by atoms with van der Waals surface area (Å²) in [5.41, 5.74) is 1.16. The lowest BCUT2D eigenvalue weighted by Gasteiger charge is -2.56. The third-order valence-electron chi connectivity index (χ3n) is 7.03. The lowest BCUT2D eigenvalue weighted by Crippen LogP contribution is -2.56. The molecular weight excluding hydrogens is 324 g/mol. The standard InChI is InChI=1S/C20H27F2NO2/c1-23-9-8-19(14-4-5-15(24-2)16(10-14)25-3)7-6-18(11-17(19)23)12-20(21,22)13-18/h4-5,10,17H,6-9,11-13H2,1-3H3/t17-,19-/m0/s1. The molecule has 2 aliphatic carbocycles. The van der Waals surface area contributed by atoms with Crippen molar-refractivity contribution >= 4 is 0 Å². The van der Waals surface area contributed by atoms with Crippen LogP contribution < -0.4 is 9.47 Å². The van der Waals surface area contributed by atoms with Gasteiger partial charge in [0.25, 0.3) is 0 Å². The van der Waals surface area contributed by atoms with Crippen LogP contribution in [0.25, 0.3) is 0 Å². The zero-order valence-electron chi connectivity index (χ0n) is 15.3. The number of methoxy groups -OCH3 is 2. The van der Waals surface area contributed by atoms with Gasteiger partial charge in [0.05, 0.1) is 14.2 Å². The molecule has 2 saturated carbocycles. The fraction of sp³-hybridized carbons (Fsp3) is 0.700. The van der Waals surface area contributed by atoms with Gasteiger partial charge in [-0.3, -0.25) is 0 Å². The molecule has 1 heterocycles. The molecule has 138 valence electrons. The first kappa shape index (κ1) is 17.1. The lowest BCUT2D eigenvalue weighted by atomic mass is 9.51. The first-order valence-corrected chi connectivity index (χ1v) is 9.14. The molecule has 3 nitrogen and oxygen atoms in total. The van der Waals surface area contributed by atoms with E-state index in [0.717, 1.165) is 43.7 Å². The summed E-state index contributed by atoms with van der Waals surface area (Å²) in [7, 11) is 5.44. The number of rotatable bonds is 3. The molecule has 1 spiro atoms. The largest absolute Gasteiger partial charge is 0.493 e. The van der Waals surface area contributed by atoms with Crippen molar-refractivity contribution < 1.29 is 18.3 Å². The summed E-state index contributed by atoms with van der Waals surface area (Å²) in [5, 5.41) is 0. The third kappa shape index (κ3) is 2.54. The van der Waals surface area contributed by atoms with Gasteiger partial charge in [0.2, 0.25) is 5.92 Å². The van der Waals surface area contributed by atoms with Gasteiger partial charge in [-0.1, -0.05) is 6.07 Å². The molecule has 0 bridgehead atoms. The van der Waals surface area contributed by atoms with Crippen molar-refractivity contribution in [2.24, 2.45) is 5.41 Å². The van der Waals surface area contributed by atoms with Crippen LogP contribution in [0.5, 0.6) is 11.5 Å². The molecule has 3 aliphatic rings. The molecule has 5 heteroatoms. The first-order chi connectivity index (χ1) is 11.8. The fourth-order valence-corrected chi connectivity index (χ4v) is 5.76. The SMILES string of the molecule is COc1ccc([C@]23CCN(C)[C@H]2CC2(CC3)CC(F)(F)C2)cc1OC. The van der Waals surface area contributed by atoms with Crippen LogP contribution in [0.1, 0.15) is 44.1 Å². The average molecular weight is 351 g/mol. The van der Waals surface area contributed by atoms with Gasteiger partial charge in [-0.05, 0) is 62.4 Å². The van der Waals surface area contributed by atoms with Gasteiger partial charge in [-0.2, -0.15) is 0 Å². The van der Waals surface area contributed by atoms with Crippen molar-refractivity contribution in [3.8, 4) is 11.5 Å². The predicted octanol–water partition coefficient (Wildman–Crippen LogP) is 4.25. The predicted molar refractivity (Wildman–Crippen MR) is 92.7 cm³/mol. The number of likely N-dealkylation sites (tertiary alicyclic amines) is 1. The van der Waals surface area contributed by atoms with Crippen LogP contribution in [0.4, 0.5) is 8.78 Å². The molecule has 25 heavy (non-hydrogen) atoms. The number of benzene rings is 1. The maximum Gasteiger partial charge on any atom is 0.249 e. The van der Waals surface area contributed by atoms with Crippen molar-refractivity contribution in [1.82, 2.24) is 4.90 Å². The van der Waals surface area contributed by atoms with Gasteiger partial charge in [-0.15, -0.1) is 0 Å². The molecule has 1 aliphatic heterocycles. The summed E-state index contributed by atoms with van der Waals surface area (Å²) in [6, 6.07) is 6.54. The summed E-state index contributed by atoms with van der Waals surface area (Å²) in [6.45, 7) is 1.02. The van der Waals surface area contributed by atoms with Crippen molar-refractivity contribution in [1.29, 1.82) is 0 Å². The van der Waals surface area contributed by atoms with Gasteiger partial charge in [0.15, 0.2) is 11.5 Å². The second-order valence-electron chi connectivity index (χ2n) is 8.39. The van der Waals surface area contributed by atoms with Crippen molar-refractivity contribution in [2.75, 3.05) is 27.8 Å². The van der Waals surface area contributed by atoms with Crippen LogP contribution in [-0.2, 0) is 5.41 Å². The summed E-state index contributed by atoms with van der Waals surface area (Å²) in [4.78, 5) is 2.38. The maximum absolute atomic E-state index is 13.6. The number of nitrogens with zero attached hydrogens (tertiary/aromatic N) is 1. The third-order valence-corrected chi connectivity index (χ3v) is 7.03. The zero-order valence-corrected chi connectivity index (χ0v) is 15.3. The highest BCUT2D eigenvalue weighted by molar-refractivity contribution is 5.46. The first-order valence-electron chi connectivity index (χ1n) is 9.14. The van der Waals surface area contributed by atoms with Gasteiger partial charge in [-0.25, -0.2) is 8.78 Å². The minimum absolute atomic E-state index is 0.0461. The van der Waals surface area contributed by atoms with E-state index in [9.17, 15) is 8.78 Å². The normalized spacial score (nSPS) is 32.9. The van der Waals surface area contributed by atoms with E-state index in [2.05, 4.69) is 24.1 Å². The van der Waals surface area contributed by atoms with Crippen molar-refractivity contribution in [2.45, 2.75) is 55.9 Å². The quantitative estimate of drug-likeness (QED) is 0.813. The van der Waals surface area contributed by atoms with Crippen LogP contribution in [0, 0.1) is 5.41 Å². The molecule has 0 radical (unpaired) electrons. The van der Waals surface area contributed by atoms with E-state index in [4.69, 9.17) is 9.47 Å². The molecular formula is C20H27F2NO2. The Bertz CT molecular complexity index is 670. The Morgan fingerprint density at radius 2 is 1.76 bits per heavy atom. The zero-order chi connectivity index (χ0) is 17.9. The Morgan fingerprint density at radius 1 is 1.04 bits per heavy atom. The van der Waals surface area contributed by atoms with Crippen LogP contribution in [0.2, 0.25) is 0 Å². The van der Waals surface area contributed by atoms with E-state index in [1.165, 1.54) is 5.56 Å². The molecule has 1 aromatic carbocycles. The van der Waals surface area contributed by atoms with Crippen LogP contribution in [-0.4, -0.2) is 44.7 Å². The Balaban J connectivity index is 1.67. The number of likely N-dealkylation sites (N-methyl/N-ethyl adjacent to an activating group) is 1. The van der Waals surface area contributed by atoms with E-state index >= 15 is 0 Å². The Hall–Kier alpha value is -1.36. The maximum atomic E-state index is 13.6. The van der Waals surface area contributed by atoms with E-state index in [1.54, 1.807) is 14.2 Å². The van der Waals surface area contributed by atoms with Crippen LogP contribution in [0.15, 0.2) is 18.2 Å². The topological polar surface area (TPSA) is 21.7 Å². The van der Waals surface area contributed by atoms with Crippen molar-refractivity contribution in [3.63, 3.8) is 0 Å². The number of alkyl halides is 2. The molecule has 1 saturated heterocycles. The van der Waals surface area contributed by atoms with Gasteiger partial charge >= 0.3 is 0 Å². The Labute approximate surface area is 148 Å². The fourth-order valence-electron chi connectivity index (χ4n) is 5.76. The van der Waals surface area contributed by atoms with E-state index in [1.807, 2.05) is 6.07 Å². The van der Waals surface area contributed by atoms with Gasteiger partial charge in [0.1, 0.15) is 0 Å². The smallest absolute Gasteiger partial charge is 0.249 e. The number of hydrogen-bond donors (Lipinski definition) is 0. The van der Waals surface area contributed by atoms with Crippen molar-refractivity contribution in [3.05, 3.63) is 23.8 Å². The van der Waals surface area contributed by atoms with E-state index < -0.39 is 5.92 Å². The summed E-state index contributed by atoms with van der Waals surface area (Å²) >= 11 is 0. The minimum Gasteiger partial charge on any atom is -0.493 e. The number of ether oxygens (including phenoxy) is 2. The number of fused-ring (bicyclic) bond motifs is 1. The highest BCUT2D eigenvalue weighted by atomic mass is 19.3. The monoisotopic (exact) mass is 351 g/mol. The minimum atomic E-state index is -2.44. The summed E-state index contributed by atoms with van der Waals surface area (Å²) < 4.78 is 38.0. The van der Waals surface area contributed by atoms with Gasteiger partial charge < -0.3 is 14.4 Å². The number of halogens is 2. The van der Waals surface area contributed by atoms with E-state index in [0.29, 0.717) is 6.04 Å². The molecule has 2 atom stereocenters. The molecule has 0 amide bonds. The number of hydrogen-bond acceptors (Lipinski definition) is 3. The van der Waals surface area contributed by atoms with Crippen LogP contribution >= 0.6 is 0 Å². The molecule has 4 rings (SSSR count). The lowest BCUT2D eigenvalue weighted by molar-refractivity contribution is -0.183. The Kier molecular flexibility index (Phi) is 3.80. The molecule has 0 unspecified atom stereocenters. The second-order valence-corrected chi connectivity index (χ2v) is 8.39. The van der Waals surface area contributed by atoms with E-state index in [-0.39, 0.29) is 23.7 Å². The highest BCUT2D eigenvalue weighted by Crippen LogP contribution is 2.64. The highest BCUT2D eigenvalue weighted by Gasteiger charge is 2.63. The molecule has 0 aromatic heterocycles. The molecule has 1 aromatic rings. The summed E-state index contributed by atoms with van der Waals surface area (Å²) in [6.07, 6.45) is 4.00. The average Bonchev–Trinajstić information content (AvgIpc) is 2.90. The van der Waals surface area contributed by atoms with Gasteiger partial charge in [0, 0.05) is 24.3 Å². The molecule has 0 N–H and O–H groups in total. The van der Waals surface area contributed by atoms with Crippen LogP contribution in [0.3, 0.4) is 0 Å². The Morgan fingerprint density at radius 3 is 2.40 bits per heavy atom. The molecule has 3 fully saturated rings. The summed E-state index contributed by atoms with van der Waals surface area (Å²) in [5.74, 6) is -0.963. The second kappa shape index (κ2) is 5.57.